The molecule has 0 spiro atoms. The van der Waals surface area contributed by atoms with Crippen molar-refractivity contribution in [3.8, 4) is 5.75 Å². The van der Waals surface area contributed by atoms with Crippen LogP contribution in [0.4, 0.5) is 4.39 Å². The van der Waals surface area contributed by atoms with Gasteiger partial charge in [-0.05, 0) is 37.8 Å². The molecule has 1 aromatic rings. The number of ether oxygens (including phenoxy) is 1. The quantitative estimate of drug-likeness (QED) is 0.870. The van der Waals surface area contributed by atoms with Crippen LogP contribution in [0.2, 0.25) is 5.02 Å². The molecule has 1 amide bonds. The van der Waals surface area contributed by atoms with Crippen LogP contribution in [0.25, 0.3) is 0 Å². The third kappa shape index (κ3) is 4.59. The highest BCUT2D eigenvalue weighted by atomic mass is 35.5. The lowest BCUT2D eigenvalue weighted by Gasteiger charge is -2.26. The smallest absolute Gasteiger partial charge is 0.306 e. The van der Waals surface area contributed by atoms with Crippen molar-refractivity contribution in [1.82, 2.24) is 5.32 Å². The average molecular weight is 330 g/mol. The van der Waals surface area contributed by atoms with E-state index in [1.807, 2.05) is 0 Å². The molecule has 1 saturated carbocycles. The predicted molar refractivity (Wildman–Crippen MR) is 78.4 cm³/mol. The van der Waals surface area contributed by atoms with Crippen LogP contribution in [0.3, 0.4) is 0 Å². The molecule has 0 aromatic heterocycles. The summed E-state index contributed by atoms with van der Waals surface area (Å²) in [4.78, 5) is 22.6. The van der Waals surface area contributed by atoms with Gasteiger partial charge in [0.15, 0.2) is 6.61 Å². The minimum Gasteiger partial charge on any atom is -0.484 e. The molecule has 2 N–H and O–H groups in total. The van der Waals surface area contributed by atoms with Crippen LogP contribution in [0.15, 0.2) is 18.2 Å². The molecule has 0 aliphatic heterocycles. The molecule has 0 unspecified atom stereocenters. The van der Waals surface area contributed by atoms with Crippen LogP contribution < -0.4 is 10.1 Å². The molecule has 1 aromatic carbocycles. The minimum atomic E-state index is -0.780. The van der Waals surface area contributed by atoms with Crippen molar-refractivity contribution < 1.29 is 23.8 Å². The normalized spacial score (nSPS) is 21.2. The van der Waals surface area contributed by atoms with E-state index in [1.54, 1.807) is 0 Å². The fourth-order valence-electron chi connectivity index (χ4n) is 2.47. The van der Waals surface area contributed by atoms with Crippen molar-refractivity contribution >= 4 is 23.5 Å². The number of rotatable bonds is 5. The average Bonchev–Trinajstić information content (AvgIpc) is 2.49. The van der Waals surface area contributed by atoms with Crippen LogP contribution in [0.5, 0.6) is 5.75 Å². The van der Waals surface area contributed by atoms with Crippen LogP contribution >= 0.6 is 11.6 Å². The number of aliphatic carboxylic acids is 1. The highest BCUT2D eigenvalue weighted by Crippen LogP contribution is 2.24. The molecule has 2 rings (SSSR count). The summed E-state index contributed by atoms with van der Waals surface area (Å²) in [6.07, 6.45) is 2.39. The number of carboxylic acid groups (broad SMARTS) is 1. The maximum atomic E-state index is 13.2. The molecule has 0 bridgehead atoms. The highest BCUT2D eigenvalue weighted by molar-refractivity contribution is 6.30. The van der Waals surface area contributed by atoms with E-state index in [2.05, 4.69) is 5.32 Å². The van der Waals surface area contributed by atoms with Crippen molar-refractivity contribution in [2.75, 3.05) is 6.61 Å². The molecule has 1 fully saturated rings. The summed E-state index contributed by atoms with van der Waals surface area (Å²) < 4.78 is 18.4. The number of halogens is 2. The zero-order valence-corrected chi connectivity index (χ0v) is 12.6. The Bertz CT molecular complexity index is 558. The fourth-order valence-corrected chi connectivity index (χ4v) is 2.59. The largest absolute Gasteiger partial charge is 0.484 e. The first-order chi connectivity index (χ1) is 10.5. The molecule has 5 nitrogen and oxygen atoms in total. The Kier molecular flexibility index (Phi) is 5.60. The Morgan fingerprint density at radius 2 is 2.00 bits per heavy atom. The molecule has 0 heterocycles. The maximum absolute atomic E-state index is 13.2. The number of hydrogen-bond acceptors (Lipinski definition) is 3. The van der Waals surface area contributed by atoms with Gasteiger partial charge in [-0.25, -0.2) is 4.39 Å². The maximum Gasteiger partial charge on any atom is 0.306 e. The summed E-state index contributed by atoms with van der Waals surface area (Å²) in [6, 6.07) is 3.93. The summed E-state index contributed by atoms with van der Waals surface area (Å²) in [6.45, 7) is -0.222. The predicted octanol–water partition coefficient (Wildman–Crippen LogP) is 2.62. The van der Waals surface area contributed by atoms with Gasteiger partial charge < -0.3 is 15.2 Å². The second-order valence-corrected chi connectivity index (χ2v) is 5.73. The van der Waals surface area contributed by atoms with Gasteiger partial charge in [0.2, 0.25) is 0 Å². The fraction of sp³-hybridized carbons (Fsp3) is 0.467. The van der Waals surface area contributed by atoms with E-state index in [-0.39, 0.29) is 35.2 Å². The van der Waals surface area contributed by atoms with Crippen molar-refractivity contribution in [1.29, 1.82) is 0 Å². The number of amides is 1. The van der Waals surface area contributed by atoms with Gasteiger partial charge in [-0.2, -0.15) is 0 Å². The van der Waals surface area contributed by atoms with Crippen LogP contribution in [-0.4, -0.2) is 29.6 Å². The van der Waals surface area contributed by atoms with Gasteiger partial charge in [-0.3, -0.25) is 9.59 Å². The highest BCUT2D eigenvalue weighted by Gasteiger charge is 2.26. The number of carbonyl (C=O) groups is 2. The zero-order valence-electron chi connectivity index (χ0n) is 11.9. The SMILES string of the molecule is O=C(COc1ccc(Cl)c(F)c1)N[C@H]1CC[C@@H](C(=O)O)CC1. The van der Waals surface area contributed by atoms with E-state index >= 15 is 0 Å². The number of nitrogens with one attached hydrogen (secondary N) is 1. The van der Waals surface area contributed by atoms with Crippen molar-refractivity contribution in [2.24, 2.45) is 5.92 Å². The second kappa shape index (κ2) is 7.45. The van der Waals surface area contributed by atoms with Gasteiger partial charge in [-0.15, -0.1) is 0 Å². The number of hydrogen-bond donors (Lipinski definition) is 2. The molecule has 120 valence electrons. The molecule has 1 aliphatic rings. The van der Waals surface area contributed by atoms with Crippen LogP contribution in [-0.2, 0) is 9.59 Å². The van der Waals surface area contributed by atoms with Gasteiger partial charge in [0.25, 0.3) is 5.91 Å². The Labute approximate surface area is 132 Å². The number of carboxylic acids is 1. The van der Waals surface area contributed by atoms with Crippen LogP contribution in [0, 0.1) is 11.7 Å². The Morgan fingerprint density at radius 3 is 2.59 bits per heavy atom. The Balaban J connectivity index is 1.74. The first kappa shape index (κ1) is 16.5. The van der Waals surface area contributed by atoms with E-state index in [1.165, 1.54) is 12.1 Å². The lowest BCUT2D eigenvalue weighted by atomic mass is 9.86. The van der Waals surface area contributed by atoms with E-state index in [0.717, 1.165) is 6.07 Å². The zero-order chi connectivity index (χ0) is 16.1. The van der Waals surface area contributed by atoms with Gasteiger partial charge in [0.1, 0.15) is 11.6 Å². The van der Waals surface area contributed by atoms with Crippen molar-refractivity contribution in [2.45, 2.75) is 31.7 Å². The third-order valence-corrected chi connectivity index (χ3v) is 4.01. The van der Waals surface area contributed by atoms with E-state index in [0.29, 0.717) is 25.7 Å². The summed E-state index contributed by atoms with van der Waals surface area (Å²) in [5, 5.41) is 11.7. The summed E-state index contributed by atoms with van der Waals surface area (Å²) >= 11 is 5.55. The number of carbonyl (C=O) groups excluding carboxylic acids is 1. The molecule has 0 atom stereocenters. The summed E-state index contributed by atoms with van der Waals surface area (Å²) in [5.74, 6) is -1.79. The van der Waals surface area contributed by atoms with Crippen molar-refractivity contribution in [3.63, 3.8) is 0 Å². The van der Waals surface area contributed by atoms with Crippen molar-refractivity contribution in [3.05, 3.63) is 29.0 Å². The molecule has 7 heteroatoms. The monoisotopic (exact) mass is 329 g/mol. The molecule has 0 saturated heterocycles. The van der Waals surface area contributed by atoms with Gasteiger partial charge >= 0.3 is 5.97 Å². The van der Waals surface area contributed by atoms with E-state index < -0.39 is 11.8 Å². The second-order valence-electron chi connectivity index (χ2n) is 5.32. The Hall–Kier alpha value is -1.82. The first-order valence-electron chi connectivity index (χ1n) is 7.05. The van der Waals surface area contributed by atoms with E-state index in [4.69, 9.17) is 21.4 Å². The van der Waals surface area contributed by atoms with Gasteiger partial charge in [-0.1, -0.05) is 11.6 Å². The molecular weight excluding hydrogens is 313 g/mol. The summed E-state index contributed by atoms with van der Waals surface area (Å²) in [5.41, 5.74) is 0. The lowest BCUT2D eigenvalue weighted by Crippen LogP contribution is -2.40. The van der Waals surface area contributed by atoms with Crippen LogP contribution in [0.1, 0.15) is 25.7 Å². The molecule has 1 aliphatic carbocycles. The minimum absolute atomic E-state index is 0.00741. The topological polar surface area (TPSA) is 75.6 Å². The molecular formula is C15H17ClFNO4. The third-order valence-electron chi connectivity index (χ3n) is 3.70. The lowest BCUT2D eigenvalue weighted by molar-refractivity contribution is -0.142. The van der Waals surface area contributed by atoms with E-state index in [9.17, 15) is 14.0 Å². The summed E-state index contributed by atoms with van der Waals surface area (Å²) in [7, 11) is 0. The first-order valence-corrected chi connectivity index (χ1v) is 7.43. The van der Waals surface area contributed by atoms with Gasteiger partial charge in [0, 0.05) is 12.1 Å². The Morgan fingerprint density at radius 1 is 1.32 bits per heavy atom. The van der Waals surface area contributed by atoms with Gasteiger partial charge in [0.05, 0.1) is 10.9 Å². The molecule has 22 heavy (non-hydrogen) atoms. The number of benzene rings is 1. The molecule has 0 radical (unpaired) electrons. The standard InChI is InChI=1S/C15H17ClFNO4/c16-12-6-5-11(7-13(12)17)22-8-14(19)18-10-3-1-9(2-4-10)15(20)21/h5-7,9-10H,1-4,8H2,(H,18,19)(H,20,21)/t9-,10+.